The van der Waals surface area contributed by atoms with Gasteiger partial charge in [-0.25, -0.2) is 0 Å². The second-order valence-electron chi connectivity index (χ2n) is 3.96. The number of aliphatic carboxylic acids is 1. The minimum atomic E-state index is -0.803. The first kappa shape index (κ1) is 13.0. The van der Waals surface area contributed by atoms with Gasteiger partial charge in [0.1, 0.15) is 0 Å². The molecule has 0 aromatic rings. The first-order valence-electron chi connectivity index (χ1n) is 5.73. The molecule has 1 heterocycles. The molecule has 0 bridgehead atoms. The number of hydrogen-bond donors (Lipinski definition) is 1. The Morgan fingerprint density at radius 2 is 2.25 bits per heavy atom. The zero-order chi connectivity index (χ0) is 12.0. The van der Waals surface area contributed by atoms with Crippen LogP contribution >= 0.6 is 0 Å². The van der Waals surface area contributed by atoms with Crippen molar-refractivity contribution in [1.82, 2.24) is 4.90 Å². The summed E-state index contributed by atoms with van der Waals surface area (Å²) in [7, 11) is 0. The maximum absolute atomic E-state index is 11.7. The van der Waals surface area contributed by atoms with Crippen LogP contribution in [0.25, 0.3) is 0 Å². The molecule has 1 aliphatic heterocycles. The summed E-state index contributed by atoms with van der Waals surface area (Å²) in [6, 6.07) is 0. The van der Waals surface area contributed by atoms with Crippen LogP contribution in [0.15, 0.2) is 0 Å². The Hall–Kier alpha value is -1.10. The van der Waals surface area contributed by atoms with Gasteiger partial charge in [0.25, 0.3) is 0 Å². The molecule has 1 atom stereocenters. The fraction of sp³-hybridized carbons (Fsp3) is 0.818. The largest absolute Gasteiger partial charge is 0.481 e. The van der Waals surface area contributed by atoms with Gasteiger partial charge in [-0.15, -0.1) is 0 Å². The van der Waals surface area contributed by atoms with E-state index in [1.54, 1.807) is 4.90 Å². The lowest BCUT2D eigenvalue weighted by atomic mass is 9.98. The average molecular weight is 229 g/mol. The van der Waals surface area contributed by atoms with E-state index in [1.165, 1.54) is 0 Å². The van der Waals surface area contributed by atoms with Gasteiger partial charge in [0.05, 0.1) is 18.9 Å². The molecule has 16 heavy (non-hydrogen) atoms. The molecule has 5 heteroatoms. The van der Waals surface area contributed by atoms with E-state index in [9.17, 15) is 9.59 Å². The number of amides is 1. The van der Waals surface area contributed by atoms with E-state index in [4.69, 9.17) is 9.84 Å². The summed E-state index contributed by atoms with van der Waals surface area (Å²) < 4.78 is 5.11. The molecule has 1 amide bonds. The summed E-state index contributed by atoms with van der Waals surface area (Å²) in [5.41, 5.74) is 0. The van der Waals surface area contributed by atoms with Crippen LogP contribution in [0, 0.1) is 5.92 Å². The van der Waals surface area contributed by atoms with Crippen LogP contribution < -0.4 is 0 Å². The molecule has 0 saturated carbocycles. The Morgan fingerprint density at radius 1 is 1.50 bits per heavy atom. The topological polar surface area (TPSA) is 66.8 Å². The van der Waals surface area contributed by atoms with Gasteiger partial charge in [0.2, 0.25) is 5.91 Å². The maximum Gasteiger partial charge on any atom is 0.308 e. The van der Waals surface area contributed by atoms with Crippen molar-refractivity contribution in [2.45, 2.75) is 26.2 Å². The van der Waals surface area contributed by atoms with Crippen LogP contribution in [-0.4, -0.2) is 48.2 Å². The molecular weight excluding hydrogens is 210 g/mol. The molecule has 1 unspecified atom stereocenters. The van der Waals surface area contributed by atoms with Gasteiger partial charge in [-0.2, -0.15) is 0 Å². The minimum Gasteiger partial charge on any atom is -0.481 e. The van der Waals surface area contributed by atoms with Crippen molar-refractivity contribution in [3.63, 3.8) is 0 Å². The lowest BCUT2D eigenvalue weighted by molar-refractivity contribution is -0.145. The summed E-state index contributed by atoms with van der Waals surface area (Å²) in [6.45, 7) is 3.93. The van der Waals surface area contributed by atoms with Crippen LogP contribution in [0.4, 0.5) is 0 Å². The summed E-state index contributed by atoms with van der Waals surface area (Å²) in [4.78, 5) is 24.2. The molecule has 0 aromatic heterocycles. The summed E-state index contributed by atoms with van der Waals surface area (Å²) >= 11 is 0. The number of piperidine rings is 1. The molecule has 0 aromatic carbocycles. The predicted molar refractivity (Wildman–Crippen MR) is 58.0 cm³/mol. The molecule has 1 saturated heterocycles. The van der Waals surface area contributed by atoms with Crippen LogP contribution in [-0.2, 0) is 14.3 Å². The van der Waals surface area contributed by atoms with Crippen LogP contribution in [0.1, 0.15) is 26.2 Å². The van der Waals surface area contributed by atoms with Gasteiger partial charge in [0, 0.05) is 19.7 Å². The number of carbonyl (C=O) groups is 2. The third kappa shape index (κ3) is 3.81. The molecular formula is C11H19NO4. The predicted octanol–water partition coefficient (Wildman–Crippen LogP) is 0.736. The number of carbonyl (C=O) groups excluding carboxylic acids is 1. The molecule has 1 aliphatic rings. The van der Waals surface area contributed by atoms with Gasteiger partial charge in [-0.05, 0) is 19.8 Å². The number of nitrogens with zero attached hydrogens (tertiary/aromatic N) is 1. The third-order valence-corrected chi connectivity index (χ3v) is 2.79. The molecule has 92 valence electrons. The van der Waals surface area contributed by atoms with Crippen molar-refractivity contribution in [1.29, 1.82) is 0 Å². The average Bonchev–Trinajstić information content (AvgIpc) is 2.29. The monoisotopic (exact) mass is 229 g/mol. The van der Waals surface area contributed by atoms with E-state index in [2.05, 4.69) is 0 Å². The summed E-state index contributed by atoms with van der Waals surface area (Å²) in [5.74, 6) is -1.20. The molecule has 1 fully saturated rings. The molecule has 1 N–H and O–H groups in total. The van der Waals surface area contributed by atoms with Crippen molar-refractivity contribution in [3.8, 4) is 0 Å². The minimum absolute atomic E-state index is 0.000556. The Balaban J connectivity index is 2.35. The van der Waals surface area contributed by atoms with Gasteiger partial charge in [-0.3, -0.25) is 9.59 Å². The fourth-order valence-electron chi connectivity index (χ4n) is 1.87. The molecule has 0 spiro atoms. The highest BCUT2D eigenvalue weighted by molar-refractivity contribution is 5.78. The highest BCUT2D eigenvalue weighted by atomic mass is 16.5. The van der Waals surface area contributed by atoms with Crippen LogP contribution in [0.2, 0.25) is 0 Å². The van der Waals surface area contributed by atoms with Crippen molar-refractivity contribution < 1.29 is 19.4 Å². The molecule has 1 rings (SSSR count). The standard InChI is InChI=1S/C11H19NO4/c1-2-16-7-5-10(13)12-6-3-4-9(8-12)11(14)15/h9H,2-8H2,1H3,(H,14,15). The smallest absolute Gasteiger partial charge is 0.308 e. The maximum atomic E-state index is 11.7. The number of ether oxygens (including phenoxy) is 1. The fourth-order valence-corrected chi connectivity index (χ4v) is 1.87. The number of rotatable bonds is 5. The zero-order valence-electron chi connectivity index (χ0n) is 9.65. The lowest BCUT2D eigenvalue weighted by Crippen LogP contribution is -2.42. The highest BCUT2D eigenvalue weighted by Crippen LogP contribution is 2.17. The van der Waals surface area contributed by atoms with Crippen LogP contribution in [0.5, 0.6) is 0 Å². The van der Waals surface area contributed by atoms with Crippen molar-refractivity contribution in [2.75, 3.05) is 26.3 Å². The Labute approximate surface area is 95.4 Å². The number of hydrogen-bond acceptors (Lipinski definition) is 3. The summed E-state index contributed by atoms with van der Waals surface area (Å²) in [5, 5.41) is 8.89. The second kappa shape index (κ2) is 6.48. The van der Waals surface area contributed by atoms with Crippen molar-refractivity contribution >= 4 is 11.9 Å². The van der Waals surface area contributed by atoms with E-state index in [1.807, 2.05) is 6.92 Å². The number of carboxylic acid groups (broad SMARTS) is 1. The first-order chi connectivity index (χ1) is 7.65. The SMILES string of the molecule is CCOCCC(=O)N1CCCC(C(=O)O)C1. The van der Waals surface area contributed by atoms with E-state index >= 15 is 0 Å². The lowest BCUT2D eigenvalue weighted by Gasteiger charge is -2.30. The molecule has 0 radical (unpaired) electrons. The Morgan fingerprint density at radius 3 is 2.88 bits per heavy atom. The van der Waals surface area contributed by atoms with Gasteiger partial charge in [-0.1, -0.05) is 0 Å². The quantitative estimate of drug-likeness (QED) is 0.706. The number of likely N-dealkylation sites (tertiary alicyclic amines) is 1. The Bertz CT molecular complexity index is 254. The zero-order valence-corrected chi connectivity index (χ0v) is 9.65. The van der Waals surface area contributed by atoms with E-state index in [-0.39, 0.29) is 5.91 Å². The third-order valence-electron chi connectivity index (χ3n) is 2.79. The van der Waals surface area contributed by atoms with Gasteiger partial charge >= 0.3 is 5.97 Å². The van der Waals surface area contributed by atoms with E-state index < -0.39 is 11.9 Å². The second-order valence-corrected chi connectivity index (χ2v) is 3.96. The normalized spacial score (nSPS) is 20.8. The van der Waals surface area contributed by atoms with Gasteiger partial charge < -0.3 is 14.7 Å². The van der Waals surface area contributed by atoms with E-state index in [0.29, 0.717) is 39.1 Å². The number of carboxylic acids is 1. The summed E-state index contributed by atoms with van der Waals surface area (Å²) in [6.07, 6.45) is 1.79. The van der Waals surface area contributed by atoms with Crippen molar-refractivity contribution in [2.24, 2.45) is 5.92 Å². The van der Waals surface area contributed by atoms with E-state index in [0.717, 1.165) is 6.42 Å². The van der Waals surface area contributed by atoms with Gasteiger partial charge in [0.15, 0.2) is 0 Å². The van der Waals surface area contributed by atoms with Crippen molar-refractivity contribution in [3.05, 3.63) is 0 Å². The van der Waals surface area contributed by atoms with Crippen LogP contribution in [0.3, 0.4) is 0 Å². The highest BCUT2D eigenvalue weighted by Gasteiger charge is 2.27. The first-order valence-corrected chi connectivity index (χ1v) is 5.73. The molecule has 5 nitrogen and oxygen atoms in total. The Kier molecular flexibility index (Phi) is 5.25. The molecule has 0 aliphatic carbocycles.